The van der Waals surface area contributed by atoms with Crippen molar-refractivity contribution in [3.63, 3.8) is 0 Å². The Morgan fingerprint density at radius 1 is 1.50 bits per heavy atom. The summed E-state index contributed by atoms with van der Waals surface area (Å²) in [6.07, 6.45) is 1.44. The van der Waals surface area contributed by atoms with Crippen molar-refractivity contribution >= 4 is 5.69 Å². The summed E-state index contributed by atoms with van der Waals surface area (Å²) in [6, 6.07) is 3.91. The van der Waals surface area contributed by atoms with Crippen molar-refractivity contribution < 1.29 is 14.4 Å². The molecule has 1 aliphatic carbocycles. The summed E-state index contributed by atoms with van der Waals surface area (Å²) in [4.78, 5) is 9.71. The minimum atomic E-state index is -0.807. The van der Waals surface area contributed by atoms with Gasteiger partial charge in [0.1, 0.15) is 0 Å². The smallest absolute Gasteiger partial charge is 0.304 e. The van der Waals surface area contributed by atoms with Gasteiger partial charge in [0.15, 0.2) is 0 Å². The lowest BCUT2D eigenvalue weighted by atomic mass is 9.82. The van der Waals surface area contributed by atoms with Gasteiger partial charge in [-0.15, -0.1) is 0 Å². The summed E-state index contributed by atoms with van der Waals surface area (Å²) in [6.45, 7) is 1.25. The first-order chi connectivity index (χ1) is 8.56. The van der Waals surface area contributed by atoms with Crippen LogP contribution >= 0.6 is 0 Å². The highest BCUT2D eigenvalue weighted by Gasteiger charge is 2.26. The largest absolute Gasteiger partial charge is 0.393 e. The van der Waals surface area contributed by atoms with E-state index < -0.39 is 16.4 Å². The fourth-order valence-corrected chi connectivity index (χ4v) is 2.10. The van der Waals surface area contributed by atoms with Crippen LogP contribution in [0.15, 0.2) is 18.2 Å². The molecule has 5 nitrogen and oxygen atoms in total. The Hall–Kier alpha value is -1.53. The van der Waals surface area contributed by atoms with E-state index in [-0.39, 0.29) is 6.10 Å². The molecule has 0 atom stereocenters. The molecule has 0 unspecified atom stereocenters. The SMILES string of the molecule is O=[N+]([O-])c1ccc(CNCC2CC(O)C2)cc1F. The van der Waals surface area contributed by atoms with Crippen molar-refractivity contribution in [2.24, 2.45) is 5.92 Å². The zero-order chi connectivity index (χ0) is 13.1. The molecular weight excluding hydrogens is 239 g/mol. The number of rotatable bonds is 5. The van der Waals surface area contributed by atoms with E-state index in [9.17, 15) is 14.5 Å². The number of hydrogen-bond acceptors (Lipinski definition) is 4. The first-order valence-corrected chi connectivity index (χ1v) is 5.88. The Morgan fingerprint density at radius 3 is 2.78 bits per heavy atom. The zero-order valence-corrected chi connectivity index (χ0v) is 9.80. The Kier molecular flexibility index (Phi) is 3.88. The average molecular weight is 254 g/mol. The lowest BCUT2D eigenvalue weighted by molar-refractivity contribution is -0.387. The van der Waals surface area contributed by atoms with Gasteiger partial charge in [-0.05, 0) is 36.9 Å². The number of nitro groups is 1. The fourth-order valence-electron chi connectivity index (χ4n) is 2.10. The molecule has 1 aliphatic rings. The molecular formula is C12H15FN2O3. The van der Waals surface area contributed by atoms with Crippen LogP contribution in [0.25, 0.3) is 0 Å². The number of aliphatic hydroxyl groups excluding tert-OH is 1. The molecule has 0 spiro atoms. The molecule has 0 heterocycles. The van der Waals surface area contributed by atoms with Crippen LogP contribution in [0, 0.1) is 21.8 Å². The quantitative estimate of drug-likeness (QED) is 0.618. The van der Waals surface area contributed by atoms with Crippen molar-refractivity contribution in [3.05, 3.63) is 39.7 Å². The van der Waals surface area contributed by atoms with Gasteiger partial charge in [-0.2, -0.15) is 4.39 Å². The third-order valence-corrected chi connectivity index (χ3v) is 3.18. The van der Waals surface area contributed by atoms with Crippen LogP contribution < -0.4 is 5.32 Å². The third-order valence-electron chi connectivity index (χ3n) is 3.18. The van der Waals surface area contributed by atoms with E-state index in [4.69, 9.17) is 5.11 Å². The highest BCUT2D eigenvalue weighted by atomic mass is 19.1. The molecule has 1 fully saturated rings. The molecule has 1 aromatic rings. The van der Waals surface area contributed by atoms with Crippen LogP contribution in [0.5, 0.6) is 0 Å². The van der Waals surface area contributed by atoms with Gasteiger partial charge < -0.3 is 10.4 Å². The predicted molar refractivity (Wildman–Crippen MR) is 63.5 cm³/mol. The maximum atomic E-state index is 13.3. The van der Waals surface area contributed by atoms with Gasteiger partial charge in [0.25, 0.3) is 0 Å². The van der Waals surface area contributed by atoms with E-state index in [0.717, 1.165) is 19.4 Å². The molecule has 6 heteroatoms. The summed E-state index contributed by atoms with van der Waals surface area (Å²) in [5, 5.41) is 22.7. The van der Waals surface area contributed by atoms with Crippen LogP contribution in [-0.2, 0) is 6.54 Å². The number of halogens is 1. The summed E-state index contributed by atoms with van der Waals surface area (Å²) >= 11 is 0. The molecule has 0 radical (unpaired) electrons. The summed E-state index contributed by atoms with van der Waals surface area (Å²) in [5.41, 5.74) is 0.179. The maximum Gasteiger partial charge on any atom is 0.304 e. The van der Waals surface area contributed by atoms with E-state index >= 15 is 0 Å². The molecule has 0 amide bonds. The first kappa shape index (κ1) is 12.9. The minimum absolute atomic E-state index is 0.173. The Labute approximate surface area is 104 Å². The van der Waals surface area contributed by atoms with E-state index in [0.29, 0.717) is 18.0 Å². The fraction of sp³-hybridized carbons (Fsp3) is 0.500. The molecule has 98 valence electrons. The number of hydrogen-bond donors (Lipinski definition) is 2. The second-order valence-electron chi connectivity index (χ2n) is 4.67. The van der Waals surface area contributed by atoms with E-state index in [2.05, 4.69) is 5.32 Å². The predicted octanol–water partition coefficient (Wildman–Crippen LogP) is 1.59. The number of nitro benzene ring substituents is 1. The molecule has 0 bridgehead atoms. The van der Waals surface area contributed by atoms with Crippen LogP contribution in [0.3, 0.4) is 0 Å². The highest BCUT2D eigenvalue weighted by Crippen LogP contribution is 2.26. The highest BCUT2D eigenvalue weighted by molar-refractivity contribution is 5.34. The number of nitrogens with one attached hydrogen (secondary N) is 1. The molecule has 0 aromatic heterocycles. The summed E-state index contributed by atoms with van der Waals surface area (Å²) in [5.74, 6) is -0.332. The van der Waals surface area contributed by atoms with Crippen molar-refractivity contribution in [2.75, 3.05) is 6.54 Å². The van der Waals surface area contributed by atoms with Crippen LogP contribution in [-0.4, -0.2) is 22.7 Å². The second kappa shape index (κ2) is 5.41. The van der Waals surface area contributed by atoms with Crippen LogP contribution in [0.1, 0.15) is 18.4 Å². The van der Waals surface area contributed by atoms with Crippen molar-refractivity contribution in [3.8, 4) is 0 Å². The van der Waals surface area contributed by atoms with Gasteiger partial charge in [0, 0.05) is 12.6 Å². The lowest BCUT2D eigenvalue weighted by Crippen LogP contribution is -2.35. The molecule has 0 saturated heterocycles. The number of aliphatic hydroxyl groups is 1. The molecule has 2 N–H and O–H groups in total. The van der Waals surface area contributed by atoms with E-state index in [1.54, 1.807) is 6.07 Å². The molecule has 1 aromatic carbocycles. The molecule has 18 heavy (non-hydrogen) atoms. The van der Waals surface area contributed by atoms with E-state index in [1.807, 2.05) is 0 Å². The minimum Gasteiger partial charge on any atom is -0.393 e. The Morgan fingerprint density at radius 2 is 2.22 bits per heavy atom. The van der Waals surface area contributed by atoms with Crippen molar-refractivity contribution in [2.45, 2.75) is 25.5 Å². The number of benzene rings is 1. The van der Waals surface area contributed by atoms with Crippen LogP contribution in [0.2, 0.25) is 0 Å². The normalized spacial score (nSPS) is 22.6. The van der Waals surface area contributed by atoms with Gasteiger partial charge >= 0.3 is 5.69 Å². The molecule has 1 saturated carbocycles. The maximum absolute atomic E-state index is 13.3. The van der Waals surface area contributed by atoms with Crippen molar-refractivity contribution in [1.29, 1.82) is 0 Å². The molecule has 0 aliphatic heterocycles. The van der Waals surface area contributed by atoms with Crippen molar-refractivity contribution in [1.82, 2.24) is 5.32 Å². The molecule has 2 rings (SSSR count). The Bertz CT molecular complexity index is 447. The summed E-state index contributed by atoms with van der Waals surface area (Å²) < 4.78 is 13.3. The third kappa shape index (κ3) is 3.02. The van der Waals surface area contributed by atoms with Crippen LogP contribution in [0.4, 0.5) is 10.1 Å². The van der Waals surface area contributed by atoms with Gasteiger partial charge in [-0.3, -0.25) is 10.1 Å². The topological polar surface area (TPSA) is 75.4 Å². The van der Waals surface area contributed by atoms with Gasteiger partial charge in [-0.1, -0.05) is 6.07 Å². The van der Waals surface area contributed by atoms with Gasteiger partial charge in [-0.25, -0.2) is 0 Å². The monoisotopic (exact) mass is 254 g/mol. The average Bonchev–Trinajstić information content (AvgIpc) is 2.26. The summed E-state index contributed by atoms with van der Waals surface area (Å²) in [7, 11) is 0. The Balaban J connectivity index is 1.82. The second-order valence-corrected chi connectivity index (χ2v) is 4.67. The standard InChI is InChI=1S/C12H15FN2O3/c13-11-5-8(1-2-12(11)15(17)18)6-14-7-9-3-10(16)4-9/h1-2,5,9-10,14,16H,3-4,6-7H2. The first-order valence-electron chi connectivity index (χ1n) is 5.88. The number of nitrogens with zero attached hydrogens (tertiary/aromatic N) is 1. The zero-order valence-electron chi connectivity index (χ0n) is 9.80. The lowest BCUT2D eigenvalue weighted by Gasteiger charge is -2.31. The van der Waals surface area contributed by atoms with Gasteiger partial charge in [0.2, 0.25) is 5.82 Å². The van der Waals surface area contributed by atoms with E-state index in [1.165, 1.54) is 12.1 Å². The van der Waals surface area contributed by atoms with Gasteiger partial charge in [0.05, 0.1) is 11.0 Å².